The maximum atomic E-state index is 14.2. The second kappa shape index (κ2) is 8.01. The third-order valence-corrected chi connectivity index (χ3v) is 4.69. The normalized spacial score (nSPS) is 11.6. The van der Waals surface area contributed by atoms with Gasteiger partial charge < -0.3 is 15.6 Å². The van der Waals surface area contributed by atoms with Gasteiger partial charge in [0.1, 0.15) is 17.9 Å². The van der Waals surface area contributed by atoms with E-state index in [-0.39, 0.29) is 17.7 Å². The summed E-state index contributed by atoms with van der Waals surface area (Å²) in [6.45, 7) is 0. The first-order valence-corrected chi connectivity index (χ1v) is 8.79. The number of primary amides is 1. The predicted molar refractivity (Wildman–Crippen MR) is 103 cm³/mol. The molecule has 3 N–H and O–H groups in total. The summed E-state index contributed by atoms with van der Waals surface area (Å²) < 4.78 is 16.5. The molecule has 0 bridgehead atoms. The van der Waals surface area contributed by atoms with Crippen LogP contribution in [-0.4, -0.2) is 21.5 Å². The van der Waals surface area contributed by atoms with Crippen LogP contribution in [0.2, 0.25) is 0 Å². The highest BCUT2D eigenvalue weighted by Crippen LogP contribution is 2.25. The Morgan fingerprint density at radius 2 is 2.11 bits per heavy atom. The Hall–Kier alpha value is -3.18. The average molecular weight is 428 g/mol. The van der Waals surface area contributed by atoms with Gasteiger partial charge in [-0.2, -0.15) is 5.26 Å². The Bertz CT molecular complexity index is 996. The van der Waals surface area contributed by atoms with E-state index in [0.29, 0.717) is 4.47 Å². The number of hydrogen-bond donors (Lipinski definition) is 2. The average Bonchev–Trinajstić information content (AvgIpc) is 3.19. The van der Waals surface area contributed by atoms with Crippen molar-refractivity contribution in [2.75, 3.05) is 5.32 Å². The molecule has 0 fully saturated rings. The van der Waals surface area contributed by atoms with E-state index < -0.39 is 17.8 Å². The number of rotatable bonds is 6. The third-order valence-electron chi connectivity index (χ3n) is 4.03. The van der Waals surface area contributed by atoms with Crippen molar-refractivity contribution in [2.24, 2.45) is 5.73 Å². The lowest BCUT2D eigenvalue weighted by Gasteiger charge is -2.18. The van der Waals surface area contributed by atoms with Crippen molar-refractivity contribution in [1.82, 2.24) is 9.55 Å². The van der Waals surface area contributed by atoms with E-state index in [0.717, 1.165) is 17.3 Å². The van der Waals surface area contributed by atoms with E-state index in [4.69, 9.17) is 11.0 Å². The Morgan fingerprint density at radius 1 is 1.37 bits per heavy atom. The number of hydrogen-bond acceptors (Lipinski definition) is 4. The zero-order chi connectivity index (χ0) is 19.4. The number of halogens is 2. The second-order valence-electron chi connectivity index (χ2n) is 5.86. The van der Waals surface area contributed by atoms with Gasteiger partial charge in [-0.25, -0.2) is 9.37 Å². The fraction of sp³-hybridized carbons (Fsp3) is 0.105. The maximum absolute atomic E-state index is 14.2. The van der Waals surface area contributed by atoms with Gasteiger partial charge in [0.05, 0.1) is 17.6 Å². The molecule has 3 aromatic rings. The van der Waals surface area contributed by atoms with Crippen molar-refractivity contribution in [2.45, 2.75) is 12.5 Å². The smallest absolute Gasteiger partial charge is 0.240 e. The van der Waals surface area contributed by atoms with E-state index >= 15 is 0 Å². The number of nitrogens with zero attached hydrogens (tertiary/aromatic N) is 3. The first-order valence-electron chi connectivity index (χ1n) is 8.00. The number of carbonyl (C=O) groups is 1. The minimum absolute atomic E-state index is 0.0970. The Balaban J connectivity index is 1.78. The van der Waals surface area contributed by atoms with Crippen molar-refractivity contribution in [1.29, 1.82) is 5.26 Å². The summed E-state index contributed by atoms with van der Waals surface area (Å²) in [4.78, 5) is 15.8. The zero-order valence-corrected chi connectivity index (χ0v) is 15.6. The summed E-state index contributed by atoms with van der Waals surface area (Å²) in [6.07, 6.45) is 5.49. The van der Waals surface area contributed by atoms with E-state index in [9.17, 15) is 9.18 Å². The summed E-state index contributed by atoms with van der Waals surface area (Å²) >= 11 is 3.21. The monoisotopic (exact) mass is 427 g/mol. The highest BCUT2D eigenvalue weighted by Gasteiger charge is 2.19. The van der Waals surface area contributed by atoms with Crippen LogP contribution in [0.3, 0.4) is 0 Å². The van der Waals surface area contributed by atoms with Crippen molar-refractivity contribution < 1.29 is 9.18 Å². The summed E-state index contributed by atoms with van der Waals surface area (Å²) in [5, 5.41) is 11.8. The van der Waals surface area contributed by atoms with Gasteiger partial charge >= 0.3 is 0 Å². The van der Waals surface area contributed by atoms with Gasteiger partial charge in [-0.1, -0.05) is 12.1 Å². The molecule has 6 nitrogen and oxygen atoms in total. The maximum Gasteiger partial charge on any atom is 0.240 e. The fourth-order valence-electron chi connectivity index (χ4n) is 2.61. The Labute approximate surface area is 163 Å². The van der Waals surface area contributed by atoms with Crippen LogP contribution in [0.1, 0.15) is 11.1 Å². The van der Waals surface area contributed by atoms with Crippen LogP contribution in [0.25, 0.3) is 5.69 Å². The molecule has 0 aliphatic heterocycles. The molecule has 1 aromatic heterocycles. The number of imidazole rings is 1. The lowest BCUT2D eigenvalue weighted by Crippen LogP contribution is -2.37. The van der Waals surface area contributed by atoms with E-state index in [1.54, 1.807) is 12.5 Å². The minimum atomic E-state index is -0.807. The molecule has 0 saturated carbocycles. The zero-order valence-electron chi connectivity index (χ0n) is 14.1. The van der Waals surface area contributed by atoms with E-state index in [1.165, 1.54) is 6.07 Å². The van der Waals surface area contributed by atoms with Crippen molar-refractivity contribution in [3.8, 4) is 11.8 Å². The molecular weight excluding hydrogens is 413 g/mol. The molecule has 1 atom stereocenters. The van der Waals surface area contributed by atoms with Crippen LogP contribution in [0, 0.1) is 17.1 Å². The number of benzene rings is 2. The highest BCUT2D eigenvalue weighted by atomic mass is 79.9. The molecule has 0 aliphatic rings. The summed E-state index contributed by atoms with van der Waals surface area (Å²) in [5.41, 5.74) is 7.55. The first kappa shape index (κ1) is 18.6. The van der Waals surface area contributed by atoms with Crippen molar-refractivity contribution in [3.05, 3.63) is 76.5 Å². The van der Waals surface area contributed by atoms with Gasteiger partial charge in [0.15, 0.2) is 0 Å². The standard InChI is InChI=1S/C19H15BrFN5O/c20-15-9-17(16(21)8-13(15)10-22)25-18(19(23)27)7-12-1-3-14(4-2-12)26-6-5-24-11-26/h1-6,8-9,11,18,25H,7H2,(H2,23,27). The molecule has 136 valence electrons. The largest absolute Gasteiger partial charge is 0.371 e. The van der Waals surface area contributed by atoms with Crippen LogP contribution in [0.15, 0.2) is 59.6 Å². The molecule has 0 saturated heterocycles. The third kappa shape index (κ3) is 4.33. The molecular formula is C19H15BrFN5O. The van der Waals surface area contributed by atoms with E-state index in [1.807, 2.05) is 41.1 Å². The number of nitriles is 1. The number of anilines is 1. The Morgan fingerprint density at radius 3 is 2.70 bits per heavy atom. The molecule has 0 aliphatic carbocycles. The molecule has 0 radical (unpaired) electrons. The number of nitrogens with one attached hydrogen (secondary N) is 1. The molecule has 27 heavy (non-hydrogen) atoms. The number of nitrogens with two attached hydrogens (primary N) is 1. The SMILES string of the molecule is N#Cc1cc(F)c(NC(Cc2ccc(-n3ccnc3)cc2)C(N)=O)cc1Br. The lowest BCUT2D eigenvalue weighted by molar-refractivity contribution is -0.118. The summed E-state index contributed by atoms with van der Waals surface area (Å²) in [5.74, 6) is -1.23. The van der Waals surface area contributed by atoms with Crippen LogP contribution < -0.4 is 11.1 Å². The highest BCUT2D eigenvalue weighted by molar-refractivity contribution is 9.10. The van der Waals surface area contributed by atoms with E-state index in [2.05, 4.69) is 26.2 Å². The molecule has 1 unspecified atom stereocenters. The fourth-order valence-corrected chi connectivity index (χ4v) is 3.04. The number of carbonyl (C=O) groups excluding carboxylic acids is 1. The van der Waals surface area contributed by atoms with Gasteiger partial charge in [0.25, 0.3) is 0 Å². The molecule has 0 spiro atoms. The molecule has 8 heteroatoms. The van der Waals surface area contributed by atoms with Gasteiger partial charge in [-0.3, -0.25) is 4.79 Å². The quantitative estimate of drug-likeness (QED) is 0.631. The topological polar surface area (TPSA) is 96.7 Å². The van der Waals surface area contributed by atoms with Crippen molar-refractivity contribution in [3.63, 3.8) is 0 Å². The Kier molecular flexibility index (Phi) is 5.52. The first-order chi connectivity index (χ1) is 13.0. The van der Waals surface area contributed by atoms with Crippen LogP contribution >= 0.6 is 15.9 Å². The second-order valence-corrected chi connectivity index (χ2v) is 6.72. The predicted octanol–water partition coefficient (Wildman–Crippen LogP) is 3.15. The van der Waals surface area contributed by atoms with Gasteiger partial charge in [0.2, 0.25) is 5.91 Å². The van der Waals surface area contributed by atoms with Crippen molar-refractivity contribution >= 4 is 27.5 Å². The summed E-state index contributed by atoms with van der Waals surface area (Å²) in [7, 11) is 0. The minimum Gasteiger partial charge on any atom is -0.371 e. The molecule has 2 aromatic carbocycles. The van der Waals surface area contributed by atoms with Gasteiger partial charge in [-0.15, -0.1) is 0 Å². The van der Waals surface area contributed by atoms with Crippen LogP contribution in [0.4, 0.5) is 10.1 Å². The number of aromatic nitrogens is 2. The molecule has 3 rings (SSSR count). The molecule has 1 amide bonds. The van der Waals surface area contributed by atoms with Crippen LogP contribution in [-0.2, 0) is 11.2 Å². The van der Waals surface area contributed by atoms with Crippen LogP contribution in [0.5, 0.6) is 0 Å². The number of amides is 1. The lowest BCUT2D eigenvalue weighted by atomic mass is 10.0. The molecule has 1 heterocycles. The van der Waals surface area contributed by atoms with Gasteiger partial charge in [-0.05, 0) is 45.8 Å². The summed E-state index contributed by atoms with van der Waals surface area (Å²) in [6, 6.07) is 11.1. The van der Waals surface area contributed by atoms with Gasteiger partial charge in [0, 0.05) is 29.0 Å².